The highest BCUT2D eigenvalue weighted by Gasteiger charge is 2.17. The van der Waals surface area contributed by atoms with Gasteiger partial charge in [-0.05, 0) is 29.3 Å². The number of halogens is 1. The van der Waals surface area contributed by atoms with Crippen LogP contribution in [0.25, 0.3) is 0 Å². The van der Waals surface area contributed by atoms with Crippen LogP contribution in [0.4, 0.5) is 0 Å². The zero-order valence-corrected chi connectivity index (χ0v) is 17.7. The van der Waals surface area contributed by atoms with Gasteiger partial charge in [-0.2, -0.15) is 11.8 Å². The Hall–Kier alpha value is -1.54. The van der Waals surface area contributed by atoms with Crippen molar-refractivity contribution in [3.63, 3.8) is 0 Å². The smallest absolute Gasteiger partial charge is 0.242 e. The lowest BCUT2D eigenvalue weighted by molar-refractivity contribution is -0.120. The Bertz CT molecular complexity index is 886. The van der Waals surface area contributed by atoms with E-state index in [2.05, 4.69) is 5.32 Å². The largest absolute Gasteiger partial charge is 0.352 e. The molecule has 0 atom stereocenters. The second-order valence-corrected chi connectivity index (χ2v) is 9.77. The fourth-order valence-corrected chi connectivity index (χ4v) is 4.35. The number of hydrogen-bond donors (Lipinski definition) is 1. The Morgan fingerprint density at radius 2 is 1.89 bits per heavy atom. The fraction of sp³-hybridized carbons (Fsp3) is 0.316. The fourth-order valence-electron chi connectivity index (χ4n) is 2.29. The molecule has 1 amide bonds. The van der Waals surface area contributed by atoms with Crippen LogP contribution in [0.2, 0.25) is 5.02 Å². The van der Waals surface area contributed by atoms with Crippen molar-refractivity contribution < 1.29 is 13.2 Å². The number of nitrogens with zero attached hydrogens (tertiary/aromatic N) is 1. The molecule has 0 saturated carbocycles. The minimum Gasteiger partial charge on any atom is -0.352 e. The molecule has 0 fully saturated rings. The lowest BCUT2D eigenvalue weighted by atomic mass is 10.2. The third kappa shape index (κ3) is 6.53. The summed E-state index contributed by atoms with van der Waals surface area (Å²) in [5, 5.41) is 3.50. The highest BCUT2D eigenvalue weighted by atomic mass is 35.5. The van der Waals surface area contributed by atoms with E-state index < -0.39 is 10.0 Å². The number of carbonyl (C=O) groups is 1. The van der Waals surface area contributed by atoms with Gasteiger partial charge in [0.15, 0.2) is 0 Å². The standard InChI is InChI=1S/C19H23ClN2O3S2/c1-22(2)27(24,25)17-8-5-6-15(12-17)14-26-11-10-19(23)21-13-16-7-3-4-9-18(16)20/h3-9,12H,10-11,13-14H2,1-2H3,(H,21,23). The summed E-state index contributed by atoms with van der Waals surface area (Å²) in [5.41, 5.74) is 1.80. The highest BCUT2D eigenvalue weighted by molar-refractivity contribution is 7.98. The normalized spacial score (nSPS) is 11.6. The van der Waals surface area contributed by atoms with Crippen LogP contribution in [0.15, 0.2) is 53.4 Å². The number of thioether (sulfide) groups is 1. The van der Waals surface area contributed by atoms with Crippen LogP contribution < -0.4 is 5.32 Å². The van der Waals surface area contributed by atoms with Gasteiger partial charge in [-0.25, -0.2) is 12.7 Å². The Kier molecular flexibility index (Phi) is 8.16. The second kappa shape index (κ2) is 10.1. The molecule has 0 radical (unpaired) electrons. The lowest BCUT2D eigenvalue weighted by Gasteiger charge is -2.12. The summed E-state index contributed by atoms with van der Waals surface area (Å²) in [7, 11) is -0.408. The van der Waals surface area contributed by atoms with E-state index in [-0.39, 0.29) is 10.8 Å². The quantitative estimate of drug-likeness (QED) is 0.623. The molecule has 0 aliphatic rings. The van der Waals surface area contributed by atoms with E-state index in [9.17, 15) is 13.2 Å². The van der Waals surface area contributed by atoms with Crippen LogP contribution in [-0.4, -0.2) is 38.5 Å². The zero-order valence-electron chi connectivity index (χ0n) is 15.3. The highest BCUT2D eigenvalue weighted by Crippen LogP contribution is 2.19. The van der Waals surface area contributed by atoms with Crippen LogP contribution in [-0.2, 0) is 27.1 Å². The van der Waals surface area contributed by atoms with Crippen molar-refractivity contribution in [2.24, 2.45) is 0 Å². The van der Waals surface area contributed by atoms with Crippen molar-refractivity contribution in [3.8, 4) is 0 Å². The molecule has 146 valence electrons. The summed E-state index contributed by atoms with van der Waals surface area (Å²) >= 11 is 7.66. The van der Waals surface area contributed by atoms with Crippen molar-refractivity contribution in [2.45, 2.75) is 23.6 Å². The minimum absolute atomic E-state index is 0.0358. The SMILES string of the molecule is CN(C)S(=O)(=O)c1cccc(CSCCC(=O)NCc2ccccc2Cl)c1. The Balaban J connectivity index is 1.77. The van der Waals surface area contributed by atoms with Crippen molar-refractivity contribution in [3.05, 3.63) is 64.7 Å². The van der Waals surface area contributed by atoms with Crippen LogP contribution in [0.1, 0.15) is 17.5 Å². The number of carbonyl (C=O) groups excluding carboxylic acids is 1. The third-order valence-electron chi connectivity index (χ3n) is 3.85. The second-order valence-electron chi connectivity index (χ2n) is 6.11. The zero-order chi connectivity index (χ0) is 19.9. The van der Waals surface area contributed by atoms with Gasteiger partial charge in [0.2, 0.25) is 15.9 Å². The molecule has 0 aliphatic carbocycles. The predicted octanol–water partition coefficient (Wildman–Crippen LogP) is 3.53. The number of hydrogen-bond acceptors (Lipinski definition) is 4. The average Bonchev–Trinajstić information content (AvgIpc) is 2.64. The van der Waals surface area contributed by atoms with Gasteiger partial charge in [0.1, 0.15) is 0 Å². The Morgan fingerprint density at radius 3 is 2.59 bits per heavy atom. The number of sulfonamides is 1. The molecule has 2 aromatic carbocycles. The first kappa shape index (κ1) is 21.8. The predicted molar refractivity (Wildman–Crippen MR) is 111 cm³/mol. The van der Waals surface area contributed by atoms with Gasteiger partial charge < -0.3 is 5.32 Å². The molecule has 5 nitrogen and oxygen atoms in total. The number of rotatable bonds is 9. The molecule has 0 aromatic heterocycles. The molecule has 27 heavy (non-hydrogen) atoms. The van der Waals surface area contributed by atoms with Crippen LogP contribution in [0.5, 0.6) is 0 Å². The number of nitrogens with one attached hydrogen (secondary N) is 1. The molecule has 0 aliphatic heterocycles. The first-order chi connectivity index (χ1) is 12.8. The van der Waals surface area contributed by atoms with Crippen LogP contribution >= 0.6 is 23.4 Å². The maximum absolute atomic E-state index is 12.2. The molecular formula is C19H23ClN2O3S2. The molecule has 0 spiro atoms. The topological polar surface area (TPSA) is 66.5 Å². The molecule has 0 unspecified atom stereocenters. The van der Waals surface area contributed by atoms with E-state index >= 15 is 0 Å². The Labute approximate surface area is 170 Å². The number of benzene rings is 2. The molecule has 2 rings (SSSR count). The van der Waals surface area contributed by atoms with Gasteiger partial charge in [-0.15, -0.1) is 0 Å². The van der Waals surface area contributed by atoms with Gasteiger partial charge in [-0.3, -0.25) is 4.79 Å². The molecule has 8 heteroatoms. The van der Waals surface area contributed by atoms with Gasteiger partial charge in [0.05, 0.1) is 4.90 Å². The van der Waals surface area contributed by atoms with Gasteiger partial charge in [-0.1, -0.05) is 41.9 Å². The third-order valence-corrected chi connectivity index (χ3v) is 7.06. The van der Waals surface area contributed by atoms with Crippen molar-refractivity contribution in [1.82, 2.24) is 9.62 Å². The average molecular weight is 427 g/mol. The van der Waals surface area contributed by atoms with Crippen LogP contribution in [0.3, 0.4) is 0 Å². The molecule has 0 bridgehead atoms. The van der Waals surface area contributed by atoms with E-state index in [1.807, 2.05) is 24.3 Å². The Morgan fingerprint density at radius 1 is 1.15 bits per heavy atom. The van der Waals surface area contributed by atoms with E-state index in [0.717, 1.165) is 11.1 Å². The first-order valence-electron chi connectivity index (χ1n) is 8.40. The van der Waals surface area contributed by atoms with Crippen molar-refractivity contribution >= 4 is 39.3 Å². The van der Waals surface area contributed by atoms with Crippen molar-refractivity contribution in [2.75, 3.05) is 19.8 Å². The van der Waals surface area contributed by atoms with Crippen LogP contribution in [0, 0.1) is 0 Å². The molecule has 0 heterocycles. The van der Waals surface area contributed by atoms with Gasteiger partial charge >= 0.3 is 0 Å². The molecule has 2 aromatic rings. The van der Waals surface area contributed by atoms with E-state index in [4.69, 9.17) is 11.6 Å². The van der Waals surface area contributed by atoms with Crippen molar-refractivity contribution in [1.29, 1.82) is 0 Å². The summed E-state index contributed by atoms with van der Waals surface area (Å²) in [4.78, 5) is 12.2. The summed E-state index contributed by atoms with van der Waals surface area (Å²) in [5.74, 6) is 1.26. The van der Waals surface area contributed by atoms with Gasteiger partial charge in [0, 0.05) is 43.6 Å². The van der Waals surface area contributed by atoms with E-state index in [1.54, 1.807) is 36.0 Å². The van der Waals surface area contributed by atoms with Gasteiger partial charge in [0.25, 0.3) is 0 Å². The monoisotopic (exact) mass is 426 g/mol. The number of amides is 1. The van der Waals surface area contributed by atoms with E-state index in [1.165, 1.54) is 18.4 Å². The first-order valence-corrected chi connectivity index (χ1v) is 11.4. The molecule has 0 saturated heterocycles. The summed E-state index contributed by atoms with van der Waals surface area (Å²) in [6, 6.07) is 14.3. The van der Waals surface area contributed by atoms with E-state index in [0.29, 0.717) is 29.5 Å². The molecular weight excluding hydrogens is 404 g/mol. The lowest BCUT2D eigenvalue weighted by Crippen LogP contribution is -2.23. The molecule has 1 N–H and O–H groups in total. The maximum atomic E-state index is 12.2. The minimum atomic E-state index is -3.43. The summed E-state index contributed by atoms with van der Waals surface area (Å²) < 4.78 is 25.5. The maximum Gasteiger partial charge on any atom is 0.242 e. The summed E-state index contributed by atoms with van der Waals surface area (Å²) in [6.45, 7) is 0.410. The summed E-state index contributed by atoms with van der Waals surface area (Å²) in [6.07, 6.45) is 0.394.